The number of carbonyl (C=O) groups is 1. The molecule has 1 aliphatic rings. The Bertz CT molecular complexity index is 1630. The van der Waals surface area contributed by atoms with Gasteiger partial charge >= 0.3 is 5.97 Å². The Balaban J connectivity index is 1.69. The van der Waals surface area contributed by atoms with E-state index in [1.807, 2.05) is 42.7 Å². The monoisotopic (exact) mass is 576 g/mol. The van der Waals surface area contributed by atoms with Crippen LogP contribution in [0, 0.1) is 23.0 Å². The molecule has 0 radical (unpaired) electrons. The van der Waals surface area contributed by atoms with Gasteiger partial charge in [-0.25, -0.2) is 23.5 Å². The molecule has 0 aliphatic carbocycles. The number of methoxy groups -OCH3 is 1. The predicted octanol–water partition coefficient (Wildman–Crippen LogP) is 5.74. The first-order chi connectivity index (χ1) is 19.7. The van der Waals surface area contributed by atoms with E-state index in [4.69, 9.17) is 9.72 Å². The summed E-state index contributed by atoms with van der Waals surface area (Å²) in [6, 6.07) is 12.7. The smallest absolute Gasteiger partial charge is 0.329 e. The maximum absolute atomic E-state index is 15.9. The van der Waals surface area contributed by atoms with Gasteiger partial charge in [0.05, 0.1) is 12.8 Å². The highest BCUT2D eigenvalue weighted by molar-refractivity contribution is 7.16. The zero-order chi connectivity index (χ0) is 29.3. The van der Waals surface area contributed by atoms with Crippen molar-refractivity contribution < 1.29 is 18.3 Å². The molecule has 11 heteroatoms. The Morgan fingerprint density at radius 1 is 1.24 bits per heavy atom. The van der Waals surface area contributed by atoms with E-state index in [0.29, 0.717) is 69.9 Å². The first-order valence-corrected chi connectivity index (χ1v) is 14.2. The third kappa shape index (κ3) is 5.45. The molecule has 3 heterocycles. The second kappa shape index (κ2) is 11.8. The first-order valence-electron chi connectivity index (χ1n) is 13.4. The Kier molecular flexibility index (Phi) is 8.15. The molecule has 1 N–H and O–H groups in total. The van der Waals surface area contributed by atoms with Crippen molar-refractivity contribution in [3.8, 4) is 17.3 Å². The van der Waals surface area contributed by atoms with Crippen LogP contribution in [-0.4, -0.2) is 55.3 Å². The van der Waals surface area contributed by atoms with Crippen molar-refractivity contribution in [1.82, 2.24) is 15.3 Å². The second-order valence-corrected chi connectivity index (χ2v) is 11.0. The fourth-order valence-corrected chi connectivity index (χ4v) is 5.99. The van der Waals surface area contributed by atoms with Crippen LogP contribution in [0.5, 0.6) is 0 Å². The van der Waals surface area contributed by atoms with E-state index < -0.39 is 17.8 Å². The lowest BCUT2D eigenvalue weighted by atomic mass is 10.0. The number of pyridine rings is 1. The van der Waals surface area contributed by atoms with Gasteiger partial charge in [0.2, 0.25) is 0 Å². The molecule has 1 saturated heterocycles. The van der Waals surface area contributed by atoms with Crippen LogP contribution in [0.25, 0.3) is 22.2 Å². The van der Waals surface area contributed by atoms with Gasteiger partial charge in [-0.1, -0.05) is 25.2 Å². The summed E-state index contributed by atoms with van der Waals surface area (Å²) in [7, 11) is 1.34. The summed E-state index contributed by atoms with van der Waals surface area (Å²) in [6.45, 7) is 7.92. The molecule has 0 spiro atoms. The number of rotatable bonds is 7. The molecule has 8 nitrogen and oxygen atoms in total. The number of anilines is 3. The second-order valence-electron chi connectivity index (χ2n) is 10.0. The fourth-order valence-electron chi connectivity index (χ4n) is 5.03. The summed E-state index contributed by atoms with van der Waals surface area (Å²) in [5.74, 6) is -1.25. The van der Waals surface area contributed by atoms with E-state index in [1.165, 1.54) is 36.6 Å². The summed E-state index contributed by atoms with van der Waals surface area (Å²) < 4.78 is 34.4. The number of hydrogen-bond acceptors (Lipinski definition) is 9. The summed E-state index contributed by atoms with van der Waals surface area (Å²) in [4.78, 5) is 26.2. The maximum Gasteiger partial charge on any atom is 0.329 e. The number of ether oxygens (including phenoxy) is 1. The number of aromatic nitrogens is 2. The number of hydrogen-bond donors (Lipinski definition) is 1. The highest BCUT2D eigenvalue weighted by Crippen LogP contribution is 2.41. The normalized spacial score (nSPS) is 15.3. The molecule has 1 aliphatic heterocycles. The number of nitrogens with zero attached hydrogens (tertiary/aromatic N) is 5. The molecule has 2 aromatic heterocycles. The number of piperazine rings is 1. The summed E-state index contributed by atoms with van der Waals surface area (Å²) >= 11 is 1.22. The van der Waals surface area contributed by atoms with E-state index in [9.17, 15) is 14.4 Å². The third-order valence-corrected chi connectivity index (χ3v) is 8.15. The van der Waals surface area contributed by atoms with Crippen LogP contribution in [0.15, 0.2) is 42.5 Å². The van der Waals surface area contributed by atoms with Gasteiger partial charge in [0.25, 0.3) is 0 Å². The van der Waals surface area contributed by atoms with E-state index in [1.54, 1.807) is 12.1 Å². The van der Waals surface area contributed by atoms with Gasteiger partial charge in [-0.05, 0) is 55.3 Å². The molecular formula is C30H30F2N6O2S. The van der Waals surface area contributed by atoms with Crippen LogP contribution in [-0.2, 0) is 9.53 Å². The van der Waals surface area contributed by atoms with Crippen molar-refractivity contribution in [2.24, 2.45) is 0 Å². The Labute approximate surface area is 241 Å². The lowest BCUT2D eigenvalue weighted by molar-refractivity contribution is -0.142. The van der Waals surface area contributed by atoms with Gasteiger partial charge in [-0.15, -0.1) is 0 Å². The van der Waals surface area contributed by atoms with Gasteiger partial charge in [-0.2, -0.15) is 5.26 Å². The van der Waals surface area contributed by atoms with Crippen LogP contribution >= 0.6 is 11.3 Å². The van der Waals surface area contributed by atoms with Crippen molar-refractivity contribution in [3.05, 3.63) is 64.7 Å². The van der Waals surface area contributed by atoms with Crippen molar-refractivity contribution in [2.75, 3.05) is 43.1 Å². The van der Waals surface area contributed by atoms with Crippen LogP contribution in [0.4, 0.5) is 25.3 Å². The largest absolute Gasteiger partial charge is 0.467 e. The van der Waals surface area contributed by atoms with Crippen LogP contribution < -0.4 is 15.1 Å². The van der Waals surface area contributed by atoms with Crippen LogP contribution in [0.3, 0.4) is 0 Å². The molecule has 0 amide bonds. The highest BCUT2D eigenvalue weighted by atomic mass is 32.1. The van der Waals surface area contributed by atoms with Crippen LogP contribution in [0.2, 0.25) is 0 Å². The van der Waals surface area contributed by atoms with Gasteiger partial charge < -0.3 is 19.9 Å². The Hall–Kier alpha value is -4.14. The van der Waals surface area contributed by atoms with Gasteiger partial charge in [0.1, 0.15) is 34.0 Å². The van der Waals surface area contributed by atoms with Gasteiger partial charge in [0, 0.05) is 48.5 Å². The topological polar surface area (TPSA) is 94.4 Å². The number of esters is 1. The average Bonchev–Trinajstić information content (AvgIpc) is 3.41. The van der Waals surface area contributed by atoms with Crippen molar-refractivity contribution >= 4 is 44.7 Å². The molecule has 212 valence electrons. The van der Waals surface area contributed by atoms with Crippen molar-refractivity contribution in [2.45, 2.75) is 32.7 Å². The SMILES string of the molecule is CCN(c1nc(-c2ccc(F)cc2)c(C#N)s1)c1cc(C(C)C)nc2c(F)cc(N3CCNC[C@H]3C(=O)OC)cc12. The number of thiazole rings is 1. The third-order valence-electron chi connectivity index (χ3n) is 7.16. The Morgan fingerprint density at radius 2 is 2.00 bits per heavy atom. The number of benzene rings is 2. The summed E-state index contributed by atoms with van der Waals surface area (Å²) in [6.07, 6.45) is 0. The zero-order valence-corrected chi connectivity index (χ0v) is 24.1. The van der Waals surface area contributed by atoms with E-state index in [-0.39, 0.29) is 17.3 Å². The molecular weight excluding hydrogens is 546 g/mol. The number of fused-ring (bicyclic) bond motifs is 1. The Morgan fingerprint density at radius 3 is 2.66 bits per heavy atom. The predicted molar refractivity (Wildman–Crippen MR) is 157 cm³/mol. The first kappa shape index (κ1) is 28.4. The van der Waals surface area contributed by atoms with Crippen LogP contribution in [0.1, 0.15) is 37.3 Å². The molecule has 4 aromatic rings. The number of nitriles is 1. The molecule has 41 heavy (non-hydrogen) atoms. The lowest BCUT2D eigenvalue weighted by Crippen LogP contribution is -2.55. The van der Waals surface area contributed by atoms with E-state index in [2.05, 4.69) is 16.4 Å². The highest BCUT2D eigenvalue weighted by Gasteiger charge is 2.31. The fraction of sp³-hybridized carbons (Fsp3) is 0.333. The number of nitrogens with one attached hydrogen (secondary N) is 1. The number of halogens is 2. The average molecular weight is 577 g/mol. The molecule has 0 unspecified atom stereocenters. The number of carbonyl (C=O) groups excluding carboxylic acids is 1. The lowest BCUT2D eigenvalue weighted by Gasteiger charge is -2.36. The standard InChI is InChI=1S/C30H30F2N6O2S/c1-5-37(30-36-27(26(15-33)41-30)18-6-8-19(31)9-7-18)24-14-23(17(2)3)35-28-21(24)12-20(13-22(28)32)38-11-10-34-16-25(38)29(39)40-4/h6-9,12-14,17,25,34H,5,10-11,16H2,1-4H3/t25-/m0/s1. The molecule has 1 atom stereocenters. The minimum Gasteiger partial charge on any atom is -0.467 e. The molecule has 0 bridgehead atoms. The zero-order valence-electron chi connectivity index (χ0n) is 23.2. The minimum absolute atomic E-state index is 0.0218. The van der Waals surface area contributed by atoms with Gasteiger partial charge in [0.15, 0.2) is 10.9 Å². The quantitative estimate of drug-likeness (QED) is 0.279. The molecule has 1 fully saturated rings. The summed E-state index contributed by atoms with van der Waals surface area (Å²) in [5.41, 5.74) is 3.26. The van der Waals surface area contributed by atoms with Gasteiger partial charge in [-0.3, -0.25) is 0 Å². The minimum atomic E-state index is -0.602. The van der Waals surface area contributed by atoms with E-state index >= 15 is 4.39 Å². The molecule has 5 rings (SSSR count). The van der Waals surface area contributed by atoms with E-state index in [0.717, 1.165) is 0 Å². The maximum atomic E-state index is 15.9. The summed E-state index contributed by atoms with van der Waals surface area (Å²) in [5, 5.41) is 14.2. The van der Waals surface area contributed by atoms with Crippen molar-refractivity contribution in [3.63, 3.8) is 0 Å². The molecule has 0 saturated carbocycles. The molecule has 2 aromatic carbocycles. The van der Waals surface area contributed by atoms with Crippen molar-refractivity contribution in [1.29, 1.82) is 5.26 Å².